The maximum Gasteiger partial charge on any atom is 0.269 e. The van der Waals surface area contributed by atoms with Crippen LogP contribution < -0.4 is 20.3 Å². The summed E-state index contributed by atoms with van der Waals surface area (Å²) in [6, 6.07) is 11.1. The lowest BCUT2D eigenvalue weighted by molar-refractivity contribution is -0.139. The molecule has 3 rings (SSSR count). The van der Waals surface area contributed by atoms with Crippen molar-refractivity contribution < 1.29 is 28.7 Å². The van der Waals surface area contributed by atoms with Gasteiger partial charge in [-0.2, -0.15) is 0 Å². The molecule has 1 aliphatic heterocycles. The smallest absolute Gasteiger partial charge is 0.269 e. The lowest BCUT2D eigenvalue weighted by atomic mass is 10.1. The summed E-state index contributed by atoms with van der Waals surface area (Å²) in [6.45, 7) is 0.175. The van der Waals surface area contributed by atoms with Crippen LogP contribution in [-0.4, -0.2) is 42.7 Å². The van der Waals surface area contributed by atoms with Gasteiger partial charge in [0, 0.05) is 30.0 Å². The Labute approximate surface area is 172 Å². The lowest BCUT2D eigenvalue weighted by Crippen LogP contribution is -2.41. The van der Waals surface area contributed by atoms with Crippen molar-refractivity contribution in [2.24, 2.45) is 0 Å². The van der Waals surface area contributed by atoms with Gasteiger partial charge in [0.05, 0.1) is 20.8 Å². The minimum atomic E-state index is -0.539. The highest BCUT2D eigenvalue weighted by atomic mass is 16.5. The molecule has 0 spiro atoms. The van der Waals surface area contributed by atoms with Crippen molar-refractivity contribution in [3.63, 3.8) is 0 Å². The van der Waals surface area contributed by atoms with E-state index in [1.165, 1.54) is 31.3 Å². The van der Waals surface area contributed by atoms with Crippen LogP contribution in [0.5, 0.6) is 11.5 Å². The summed E-state index contributed by atoms with van der Waals surface area (Å²) in [7, 11) is 2.94. The Morgan fingerprint density at radius 3 is 1.83 bits per heavy atom. The maximum absolute atomic E-state index is 12.3. The molecule has 156 valence electrons. The fourth-order valence-corrected chi connectivity index (χ4v) is 2.94. The van der Waals surface area contributed by atoms with Gasteiger partial charge in [-0.25, -0.2) is 0 Å². The molecule has 2 N–H and O–H groups in total. The number of benzene rings is 2. The monoisotopic (exact) mass is 411 g/mol. The van der Waals surface area contributed by atoms with Gasteiger partial charge in [0.1, 0.15) is 11.5 Å². The number of amides is 4. The number of likely N-dealkylation sites (tertiary alicyclic amines) is 1. The molecule has 0 aromatic heterocycles. The van der Waals surface area contributed by atoms with Gasteiger partial charge in [-0.05, 0) is 29.8 Å². The van der Waals surface area contributed by atoms with Gasteiger partial charge in [0.2, 0.25) is 11.8 Å². The van der Waals surface area contributed by atoms with Crippen LogP contribution in [-0.2, 0) is 16.1 Å². The van der Waals surface area contributed by atoms with Gasteiger partial charge < -0.3 is 9.47 Å². The molecule has 2 aromatic rings. The van der Waals surface area contributed by atoms with Crippen molar-refractivity contribution in [2.75, 3.05) is 14.2 Å². The van der Waals surface area contributed by atoms with E-state index in [-0.39, 0.29) is 36.8 Å². The van der Waals surface area contributed by atoms with Gasteiger partial charge in [-0.1, -0.05) is 12.1 Å². The summed E-state index contributed by atoms with van der Waals surface area (Å²) >= 11 is 0. The van der Waals surface area contributed by atoms with Crippen molar-refractivity contribution in [1.82, 2.24) is 15.8 Å². The summed E-state index contributed by atoms with van der Waals surface area (Å²) in [6.07, 6.45) is 0.469. The zero-order valence-electron chi connectivity index (χ0n) is 16.6. The van der Waals surface area contributed by atoms with Crippen molar-refractivity contribution in [1.29, 1.82) is 0 Å². The fourth-order valence-electron chi connectivity index (χ4n) is 2.94. The van der Waals surface area contributed by atoms with Gasteiger partial charge in [-0.3, -0.25) is 34.9 Å². The Balaban J connectivity index is 1.59. The third-order valence-electron chi connectivity index (χ3n) is 4.61. The first-order valence-electron chi connectivity index (χ1n) is 9.17. The third kappa shape index (κ3) is 4.75. The van der Waals surface area contributed by atoms with E-state index in [0.29, 0.717) is 17.1 Å². The van der Waals surface area contributed by atoms with Crippen molar-refractivity contribution >= 4 is 23.6 Å². The lowest BCUT2D eigenvalue weighted by Gasteiger charge is -2.14. The summed E-state index contributed by atoms with van der Waals surface area (Å²) in [5.74, 6) is -0.563. The molecule has 9 heteroatoms. The summed E-state index contributed by atoms with van der Waals surface area (Å²) < 4.78 is 10.2. The van der Waals surface area contributed by atoms with E-state index in [4.69, 9.17) is 9.47 Å². The average Bonchev–Trinajstić information content (AvgIpc) is 3.09. The van der Waals surface area contributed by atoms with E-state index in [0.717, 1.165) is 5.56 Å². The van der Waals surface area contributed by atoms with Crippen LogP contribution in [0.1, 0.15) is 39.1 Å². The normalized spacial score (nSPS) is 13.2. The van der Waals surface area contributed by atoms with Crippen LogP contribution >= 0.6 is 0 Å². The zero-order valence-corrected chi connectivity index (χ0v) is 16.6. The molecular weight excluding hydrogens is 390 g/mol. The number of methoxy groups -OCH3 is 2. The summed E-state index contributed by atoms with van der Waals surface area (Å²) in [5.41, 5.74) is 5.96. The van der Waals surface area contributed by atoms with E-state index in [1.807, 2.05) is 0 Å². The second-order valence-electron chi connectivity index (χ2n) is 6.58. The molecule has 4 amide bonds. The van der Waals surface area contributed by atoms with Gasteiger partial charge >= 0.3 is 0 Å². The van der Waals surface area contributed by atoms with Crippen LogP contribution in [0.15, 0.2) is 42.5 Å². The maximum atomic E-state index is 12.3. The molecule has 0 unspecified atom stereocenters. The van der Waals surface area contributed by atoms with Crippen LogP contribution in [0.25, 0.3) is 0 Å². The minimum Gasteiger partial charge on any atom is -0.497 e. The van der Waals surface area contributed by atoms with Crippen molar-refractivity contribution in [3.05, 3.63) is 59.2 Å². The Hall–Kier alpha value is -3.88. The second-order valence-corrected chi connectivity index (χ2v) is 6.58. The molecule has 1 fully saturated rings. The van der Waals surface area contributed by atoms with Crippen LogP contribution in [0, 0.1) is 0 Å². The molecule has 9 nitrogen and oxygen atoms in total. The molecule has 0 bridgehead atoms. The number of carbonyl (C=O) groups excluding carboxylic acids is 4. The Kier molecular flexibility index (Phi) is 6.31. The van der Waals surface area contributed by atoms with Crippen LogP contribution in [0.3, 0.4) is 0 Å². The van der Waals surface area contributed by atoms with Crippen molar-refractivity contribution in [3.8, 4) is 11.5 Å². The number of ether oxygens (including phenoxy) is 2. The number of rotatable bonds is 6. The quantitative estimate of drug-likeness (QED) is 0.549. The molecular formula is C21H21N3O6. The fraction of sp³-hybridized carbons (Fsp3) is 0.238. The van der Waals surface area contributed by atoms with E-state index in [9.17, 15) is 19.2 Å². The molecule has 2 aromatic carbocycles. The first-order chi connectivity index (χ1) is 14.4. The number of hydrazine groups is 1. The molecule has 0 radical (unpaired) electrons. The second kappa shape index (κ2) is 9.08. The van der Waals surface area contributed by atoms with Crippen LogP contribution in [0.2, 0.25) is 0 Å². The zero-order chi connectivity index (χ0) is 21.7. The highest BCUT2D eigenvalue weighted by molar-refractivity contribution is 6.02. The number of nitrogens with one attached hydrogen (secondary N) is 2. The summed E-state index contributed by atoms with van der Waals surface area (Å²) in [4.78, 5) is 49.2. The van der Waals surface area contributed by atoms with E-state index in [2.05, 4.69) is 10.9 Å². The SMILES string of the molecule is COc1cc(OC)cc(C(=O)NNC(=O)c2ccc(CN3C(=O)CCC3=O)cc2)c1. The minimum absolute atomic E-state index is 0.175. The molecule has 0 atom stereocenters. The average molecular weight is 411 g/mol. The van der Waals surface area contributed by atoms with Gasteiger partial charge in [0.25, 0.3) is 11.8 Å². The van der Waals surface area contributed by atoms with Crippen molar-refractivity contribution in [2.45, 2.75) is 19.4 Å². The molecule has 1 saturated heterocycles. The van der Waals surface area contributed by atoms with E-state index < -0.39 is 11.8 Å². The number of nitrogens with zero attached hydrogens (tertiary/aromatic N) is 1. The molecule has 1 heterocycles. The first-order valence-corrected chi connectivity index (χ1v) is 9.17. The molecule has 0 aliphatic carbocycles. The van der Waals surface area contributed by atoms with E-state index >= 15 is 0 Å². The Bertz CT molecular complexity index is 948. The Morgan fingerprint density at radius 2 is 1.33 bits per heavy atom. The van der Waals surface area contributed by atoms with E-state index in [1.54, 1.807) is 30.3 Å². The number of carbonyl (C=O) groups is 4. The van der Waals surface area contributed by atoms with Crippen LogP contribution in [0.4, 0.5) is 0 Å². The summed E-state index contributed by atoms with van der Waals surface area (Å²) in [5, 5.41) is 0. The topological polar surface area (TPSA) is 114 Å². The highest BCUT2D eigenvalue weighted by Crippen LogP contribution is 2.22. The third-order valence-corrected chi connectivity index (χ3v) is 4.61. The van der Waals surface area contributed by atoms with Gasteiger partial charge in [-0.15, -0.1) is 0 Å². The molecule has 1 aliphatic rings. The first kappa shape index (κ1) is 20.8. The predicted molar refractivity (Wildman–Crippen MR) is 106 cm³/mol. The largest absolute Gasteiger partial charge is 0.497 e. The van der Waals surface area contributed by atoms with Gasteiger partial charge in [0.15, 0.2) is 0 Å². The number of hydrogen-bond acceptors (Lipinski definition) is 6. The molecule has 0 saturated carbocycles. The number of hydrogen-bond donors (Lipinski definition) is 2. The molecule has 30 heavy (non-hydrogen) atoms. The standard InChI is InChI=1S/C21H21N3O6/c1-29-16-9-15(10-17(11-16)30-2)21(28)23-22-20(27)14-5-3-13(4-6-14)12-24-18(25)7-8-19(24)26/h3-6,9-11H,7-8,12H2,1-2H3,(H,22,27)(H,23,28). The Morgan fingerprint density at radius 1 is 0.833 bits per heavy atom. The predicted octanol–water partition coefficient (Wildman–Crippen LogP) is 1.43. The number of imide groups is 1. The highest BCUT2D eigenvalue weighted by Gasteiger charge is 2.28.